The third-order valence-corrected chi connectivity index (χ3v) is 5.23. The molecule has 2 aromatic carbocycles. The first kappa shape index (κ1) is 17.8. The van der Waals surface area contributed by atoms with Crippen molar-refractivity contribution in [1.29, 1.82) is 5.26 Å². The van der Waals surface area contributed by atoms with Gasteiger partial charge in [0.25, 0.3) is 5.91 Å². The van der Waals surface area contributed by atoms with Crippen molar-refractivity contribution in [2.24, 2.45) is 0 Å². The van der Waals surface area contributed by atoms with Crippen molar-refractivity contribution in [3.63, 3.8) is 0 Å². The maximum atomic E-state index is 12.5. The van der Waals surface area contributed by atoms with Crippen LogP contribution in [0.15, 0.2) is 40.9 Å². The monoisotopic (exact) mass is 400 g/mol. The Hall–Kier alpha value is -2.06. The maximum Gasteiger partial charge on any atom is 0.262 e. The van der Waals surface area contributed by atoms with Gasteiger partial charge >= 0.3 is 0 Å². The smallest absolute Gasteiger partial charge is 0.262 e. The molecule has 130 valence electrons. The van der Waals surface area contributed by atoms with Gasteiger partial charge in [-0.15, -0.1) is 0 Å². The average molecular weight is 401 g/mol. The van der Waals surface area contributed by atoms with E-state index in [-0.39, 0.29) is 5.91 Å². The summed E-state index contributed by atoms with van der Waals surface area (Å²) in [6, 6.07) is 14.1. The lowest BCUT2D eigenvalue weighted by Gasteiger charge is -2.32. The van der Waals surface area contributed by atoms with Gasteiger partial charge in [0.05, 0.1) is 6.07 Å². The summed E-state index contributed by atoms with van der Waals surface area (Å²) >= 11 is 3.46. The predicted octanol–water partition coefficient (Wildman–Crippen LogP) is 4.71. The Balaban J connectivity index is 1.69. The van der Waals surface area contributed by atoms with E-state index in [1.54, 1.807) is 6.92 Å². The van der Waals surface area contributed by atoms with Crippen LogP contribution in [-0.2, 0) is 4.79 Å². The van der Waals surface area contributed by atoms with Crippen LogP contribution in [0.3, 0.4) is 0 Å². The highest BCUT2D eigenvalue weighted by atomic mass is 79.9. The Bertz CT molecular complexity index is 822. The van der Waals surface area contributed by atoms with Crippen molar-refractivity contribution >= 4 is 32.6 Å². The van der Waals surface area contributed by atoms with Crippen molar-refractivity contribution in [1.82, 2.24) is 5.32 Å². The van der Waals surface area contributed by atoms with Gasteiger partial charge in [0.1, 0.15) is 11.3 Å². The van der Waals surface area contributed by atoms with E-state index in [0.29, 0.717) is 18.6 Å². The zero-order chi connectivity index (χ0) is 17.9. The van der Waals surface area contributed by atoms with Crippen LogP contribution >= 0.6 is 15.9 Å². The number of fused-ring (bicyclic) bond motifs is 1. The van der Waals surface area contributed by atoms with Crippen LogP contribution < -0.4 is 10.1 Å². The van der Waals surface area contributed by atoms with Crippen LogP contribution in [0.5, 0.6) is 5.75 Å². The van der Waals surface area contributed by atoms with Gasteiger partial charge in [0.2, 0.25) is 0 Å². The van der Waals surface area contributed by atoms with E-state index in [0.717, 1.165) is 34.5 Å². The summed E-state index contributed by atoms with van der Waals surface area (Å²) < 4.78 is 6.84. The molecule has 1 aliphatic rings. The van der Waals surface area contributed by atoms with E-state index in [9.17, 15) is 10.1 Å². The number of nitrogens with zero attached hydrogens (tertiary/aromatic N) is 1. The summed E-state index contributed by atoms with van der Waals surface area (Å²) in [6.07, 6.45) is 3.85. The molecule has 25 heavy (non-hydrogen) atoms. The van der Waals surface area contributed by atoms with Gasteiger partial charge in [-0.05, 0) is 54.8 Å². The molecule has 0 bridgehead atoms. The highest BCUT2D eigenvalue weighted by Gasteiger charge is 2.35. The molecule has 0 spiro atoms. The second kappa shape index (κ2) is 7.45. The normalized spacial score (nSPS) is 17.5. The van der Waals surface area contributed by atoms with Crippen molar-refractivity contribution < 1.29 is 9.53 Å². The number of nitriles is 1. The first-order chi connectivity index (χ1) is 12.0. The van der Waals surface area contributed by atoms with Gasteiger partial charge < -0.3 is 10.1 Å². The lowest BCUT2D eigenvalue weighted by atomic mass is 9.83. The van der Waals surface area contributed by atoms with Crippen LogP contribution in [0.1, 0.15) is 39.0 Å². The Labute approximate surface area is 156 Å². The number of hydrogen-bond donors (Lipinski definition) is 1. The van der Waals surface area contributed by atoms with Gasteiger partial charge in [-0.1, -0.05) is 47.3 Å². The standard InChI is InChI=1S/C20H21BrN2O2/c1-14(19(24)23-20(13-22)9-3-2-4-10-20)25-18-8-6-15-11-17(21)7-5-16(15)12-18/h5-8,11-12,14H,2-4,9-10H2,1H3,(H,23,24)/t14-/m1/s1. The second-order valence-electron chi connectivity index (χ2n) is 6.66. The molecular formula is C20H21BrN2O2. The zero-order valence-corrected chi connectivity index (χ0v) is 15.8. The molecular weight excluding hydrogens is 380 g/mol. The van der Waals surface area contributed by atoms with Crippen molar-refractivity contribution in [2.75, 3.05) is 0 Å². The predicted molar refractivity (Wildman–Crippen MR) is 101 cm³/mol. The molecule has 2 aromatic rings. The number of rotatable bonds is 4. The SMILES string of the molecule is C[C@@H](Oc1ccc2cc(Br)ccc2c1)C(=O)NC1(C#N)CCCCC1. The molecule has 1 fully saturated rings. The van der Waals surface area contributed by atoms with Crippen LogP contribution in [0, 0.1) is 11.3 Å². The van der Waals surface area contributed by atoms with Crippen molar-refractivity contribution in [2.45, 2.75) is 50.7 Å². The average Bonchev–Trinajstić information content (AvgIpc) is 2.62. The molecule has 1 aliphatic carbocycles. The van der Waals surface area contributed by atoms with Crippen molar-refractivity contribution in [3.05, 3.63) is 40.9 Å². The molecule has 0 aromatic heterocycles. The highest BCUT2D eigenvalue weighted by molar-refractivity contribution is 9.10. The minimum atomic E-state index is -0.734. The summed E-state index contributed by atoms with van der Waals surface area (Å²) in [7, 11) is 0. The van der Waals surface area contributed by atoms with Crippen molar-refractivity contribution in [3.8, 4) is 11.8 Å². The van der Waals surface area contributed by atoms with Crippen LogP contribution in [0.2, 0.25) is 0 Å². The van der Waals surface area contributed by atoms with E-state index in [2.05, 4.69) is 27.3 Å². The van der Waals surface area contributed by atoms with Crippen LogP contribution in [0.25, 0.3) is 10.8 Å². The summed E-state index contributed by atoms with van der Waals surface area (Å²) in [5.74, 6) is 0.409. The summed E-state index contributed by atoms with van der Waals surface area (Å²) in [4.78, 5) is 12.5. The van der Waals surface area contributed by atoms with Gasteiger partial charge in [-0.2, -0.15) is 5.26 Å². The molecule has 1 atom stereocenters. The molecule has 4 nitrogen and oxygen atoms in total. The van der Waals surface area contributed by atoms with E-state index in [4.69, 9.17) is 4.74 Å². The van der Waals surface area contributed by atoms with E-state index >= 15 is 0 Å². The molecule has 5 heteroatoms. The number of halogens is 1. The number of hydrogen-bond acceptors (Lipinski definition) is 3. The first-order valence-corrected chi connectivity index (χ1v) is 9.40. The number of carbonyl (C=O) groups excluding carboxylic acids is 1. The Morgan fingerprint density at radius 3 is 2.60 bits per heavy atom. The maximum absolute atomic E-state index is 12.5. The van der Waals surface area contributed by atoms with Crippen LogP contribution in [-0.4, -0.2) is 17.6 Å². The molecule has 1 N–H and O–H groups in total. The molecule has 1 saturated carbocycles. The molecule has 0 saturated heterocycles. The fourth-order valence-corrected chi connectivity index (χ4v) is 3.66. The topological polar surface area (TPSA) is 62.1 Å². The highest BCUT2D eigenvalue weighted by Crippen LogP contribution is 2.28. The molecule has 3 rings (SSSR count). The summed E-state index contributed by atoms with van der Waals surface area (Å²) in [5.41, 5.74) is -0.734. The Kier molecular flexibility index (Phi) is 5.29. The number of benzene rings is 2. The minimum Gasteiger partial charge on any atom is -0.481 e. The number of amides is 1. The fraction of sp³-hybridized carbons (Fsp3) is 0.400. The quantitative estimate of drug-likeness (QED) is 0.807. The largest absolute Gasteiger partial charge is 0.481 e. The lowest BCUT2D eigenvalue weighted by Crippen LogP contribution is -2.52. The Morgan fingerprint density at radius 2 is 1.88 bits per heavy atom. The number of ether oxygens (including phenoxy) is 1. The van der Waals surface area contributed by atoms with Gasteiger partial charge in [-0.25, -0.2) is 0 Å². The summed E-state index contributed by atoms with van der Waals surface area (Å²) in [6.45, 7) is 1.72. The third-order valence-electron chi connectivity index (χ3n) is 4.74. The molecule has 0 unspecified atom stereocenters. The third kappa shape index (κ3) is 4.13. The molecule has 0 aliphatic heterocycles. The lowest BCUT2D eigenvalue weighted by molar-refractivity contribution is -0.129. The first-order valence-electron chi connectivity index (χ1n) is 8.61. The fourth-order valence-electron chi connectivity index (χ4n) is 3.28. The molecule has 0 heterocycles. The van der Waals surface area contributed by atoms with Gasteiger partial charge in [0.15, 0.2) is 6.10 Å². The molecule has 0 radical (unpaired) electrons. The zero-order valence-electron chi connectivity index (χ0n) is 14.2. The van der Waals surface area contributed by atoms with Gasteiger partial charge in [0, 0.05) is 4.47 Å². The van der Waals surface area contributed by atoms with Crippen LogP contribution in [0.4, 0.5) is 0 Å². The number of nitrogens with one attached hydrogen (secondary N) is 1. The summed E-state index contributed by atoms with van der Waals surface area (Å²) in [5, 5.41) is 14.6. The second-order valence-corrected chi connectivity index (χ2v) is 7.57. The minimum absolute atomic E-state index is 0.237. The van der Waals surface area contributed by atoms with Gasteiger partial charge in [-0.3, -0.25) is 4.79 Å². The van der Waals surface area contributed by atoms with E-state index in [1.807, 2.05) is 36.4 Å². The number of carbonyl (C=O) groups is 1. The van der Waals surface area contributed by atoms with E-state index < -0.39 is 11.6 Å². The van der Waals surface area contributed by atoms with E-state index in [1.165, 1.54) is 0 Å². The Morgan fingerprint density at radius 1 is 1.20 bits per heavy atom. The molecule has 1 amide bonds.